The average molecular weight is 203 g/mol. The molecule has 4 nitrogen and oxygen atoms in total. The Morgan fingerprint density at radius 3 is 2.54 bits per heavy atom. The van der Waals surface area contributed by atoms with Crippen LogP contribution in [-0.4, -0.2) is 24.1 Å². The third-order valence-corrected chi connectivity index (χ3v) is 1.76. The van der Waals surface area contributed by atoms with Gasteiger partial charge in [-0.2, -0.15) is 0 Å². The lowest BCUT2D eigenvalue weighted by molar-refractivity contribution is -0.117. The van der Waals surface area contributed by atoms with E-state index in [-0.39, 0.29) is 5.91 Å². The van der Waals surface area contributed by atoms with Crippen LogP contribution in [0.25, 0.3) is 0 Å². The molecule has 0 aliphatic carbocycles. The fourth-order valence-corrected chi connectivity index (χ4v) is 0.945. The number of carbonyl (C=O) groups is 1. The molecule has 0 aromatic heterocycles. The minimum Gasteiger partial charge on any atom is -0.370 e. The minimum atomic E-state index is -0.316. The molecule has 0 aromatic carbocycles. The summed E-state index contributed by atoms with van der Waals surface area (Å²) >= 11 is 4.95. The quantitative estimate of drug-likeness (QED) is 0.424. The SMILES string of the molecule is CCCCNC(=S)NCCC(N)=O. The van der Waals surface area contributed by atoms with E-state index in [1.165, 1.54) is 0 Å². The van der Waals surface area contributed by atoms with Crippen LogP contribution in [0.5, 0.6) is 0 Å². The van der Waals surface area contributed by atoms with Gasteiger partial charge in [0.25, 0.3) is 0 Å². The predicted molar refractivity (Wildman–Crippen MR) is 57.3 cm³/mol. The molecule has 1 amide bonds. The Labute approximate surface area is 84.3 Å². The van der Waals surface area contributed by atoms with Gasteiger partial charge in [0, 0.05) is 19.5 Å². The molecule has 4 N–H and O–H groups in total. The van der Waals surface area contributed by atoms with E-state index >= 15 is 0 Å². The summed E-state index contributed by atoms with van der Waals surface area (Å²) in [7, 11) is 0. The first-order valence-electron chi connectivity index (χ1n) is 4.46. The number of rotatable bonds is 6. The second kappa shape index (κ2) is 7.79. The number of amides is 1. The number of unbranched alkanes of at least 4 members (excludes halogenated alkanes) is 1. The molecule has 13 heavy (non-hydrogen) atoms. The zero-order valence-electron chi connectivity index (χ0n) is 7.93. The van der Waals surface area contributed by atoms with Crippen molar-refractivity contribution in [1.82, 2.24) is 10.6 Å². The fraction of sp³-hybridized carbons (Fsp3) is 0.750. The Hall–Kier alpha value is -0.840. The average Bonchev–Trinajstić information content (AvgIpc) is 2.04. The molecule has 0 unspecified atom stereocenters. The lowest BCUT2D eigenvalue weighted by Crippen LogP contribution is -2.37. The van der Waals surface area contributed by atoms with Crippen molar-refractivity contribution in [2.24, 2.45) is 5.73 Å². The maximum atomic E-state index is 10.4. The second-order valence-electron chi connectivity index (χ2n) is 2.75. The summed E-state index contributed by atoms with van der Waals surface area (Å²) in [6, 6.07) is 0. The maximum absolute atomic E-state index is 10.4. The second-order valence-corrected chi connectivity index (χ2v) is 3.16. The van der Waals surface area contributed by atoms with Gasteiger partial charge in [0.15, 0.2) is 5.11 Å². The van der Waals surface area contributed by atoms with Gasteiger partial charge in [-0.3, -0.25) is 4.79 Å². The van der Waals surface area contributed by atoms with Gasteiger partial charge in [-0.15, -0.1) is 0 Å². The fourth-order valence-electron chi connectivity index (χ4n) is 0.740. The van der Waals surface area contributed by atoms with E-state index < -0.39 is 0 Å². The molecule has 0 aliphatic rings. The first kappa shape index (κ1) is 12.2. The first-order chi connectivity index (χ1) is 6.16. The number of thiocarbonyl (C=S) groups is 1. The Bertz CT molecular complexity index is 173. The van der Waals surface area contributed by atoms with Crippen molar-refractivity contribution in [3.05, 3.63) is 0 Å². The minimum absolute atomic E-state index is 0.315. The molecule has 0 rings (SSSR count). The highest BCUT2D eigenvalue weighted by Gasteiger charge is 1.95. The Balaban J connectivity index is 3.25. The Morgan fingerprint density at radius 1 is 1.38 bits per heavy atom. The summed E-state index contributed by atoms with van der Waals surface area (Å²) in [4.78, 5) is 10.4. The Kier molecular flexibility index (Phi) is 7.29. The van der Waals surface area contributed by atoms with E-state index in [1.807, 2.05) is 0 Å². The third kappa shape index (κ3) is 9.07. The lowest BCUT2D eigenvalue weighted by atomic mass is 10.3. The zero-order chi connectivity index (χ0) is 10.1. The number of nitrogens with two attached hydrogens (primary N) is 1. The highest BCUT2D eigenvalue weighted by atomic mass is 32.1. The van der Waals surface area contributed by atoms with E-state index in [9.17, 15) is 4.79 Å². The molecule has 0 saturated carbocycles. The molecule has 5 heteroatoms. The van der Waals surface area contributed by atoms with E-state index in [1.54, 1.807) is 0 Å². The summed E-state index contributed by atoms with van der Waals surface area (Å²) in [6.07, 6.45) is 2.55. The standard InChI is InChI=1S/C8H17N3OS/c1-2-3-5-10-8(13)11-6-4-7(9)12/h2-6H2,1H3,(H2,9,12)(H2,10,11,13). The Morgan fingerprint density at radius 2 is 2.00 bits per heavy atom. The van der Waals surface area contributed by atoms with Crippen LogP contribution in [0.2, 0.25) is 0 Å². The van der Waals surface area contributed by atoms with Gasteiger partial charge in [-0.05, 0) is 18.6 Å². The molecule has 0 radical (unpaired) electrons. The van der Waals surface area contributed by atoms with Crippen molar-refractivity contribution in [2.75, 3.05) is 13.1 Å². The molecule has 0 saturated heterocycles. The highest BCUT2D eigenvalue weighted by Crippen LogP contribution is 1.82. The third-order valence-electron chi connectivity index (χ3n) is 1.47. The summed E-state index contributed by atoms with van der Waals surface area (Å²) in [5.74, 6) is -0.316. The van der Waals surface area contributed by atoms with E-state index in [4.69, 9.17) is 18.0 Å². The van der Waals surface area contributed by atoms with Crippen LogP contribution in [0.15, 0.2) is 0 Å². The van der Waals surface area contributed by atoms with Crippen LogP contribution < -0.4 is 16.4 Å². The number of nitrogens with one attached hydrogen (secondary N) is 2. The summed E-state index contributed by atoms with van der Waals surface area (Å²) in [5.41, 5.74) is 4.96. The van der Waals surface area contributed by atoms with Crippen LogP contribution in [-0.2, 0) is 4.79 Å². The van der Waals surface area contributed by atoms with E-state index in [0.29, 0.717) is 18.1 Å². The monoisotopic (exact) mass is 203 g/mol. The molecule has 0 spiro atoms. The van der Waals surface area contributed by atoms with Gasteiger partial charge in [0.1, 0.15) is 0 Å². The van der Waals surface area contributed by atoms with Crippen molar-refractivity contribution in [1.29, 1.82) is 0 Å². The van der Waals surface area contributed by atoms with Gasteiger partial charge < -0.3 is 16.4 Å². The molecule has 0 heterocycles. The van der Waals surface area contributed by atoms with Crippen molar-refractivity contribution in [3.63, 3.8) is 0 Å². The smallest absolute Gasteiger partial charge is 0.219 e. The van der Waals surface area contributed by atoms with Crippen LogP contribution in [0.4, 0.5) is 0 Å². The number of primary amides is 1. The molecule has 76 valence electrons. The van der Waals surface area contributed by atoms with Gasteiger partial charge in [0.2, 0.25) is 5.91 Å². The maximum Gasteiger partial charge on any atom is 0.219 e. The van der Waals surface area contributed by atoms with Crippen LogP contribution in [0.3, 0.4) is 0 Å². The summed E-state index contributed by atoms with van der Waals surface area (Å²) in [6.45, 7) is 3.50. The summed E-state index contributed by atoms with van der Waals surface area (Å²) in [5, 5.41) is 6.51. The van der Waals surface area contributed by atoms with Crippen LogP contribution in [0, 0.1) is 0 Å². The number of hydrogen-bond donors (Lipinski definition) is 3. The van der Waals surface area contributed by atoms with Crippen LogP contribution >= 0.6 is 12.2 Å². The van der Waals surface area contributed by atoms with Crippen molar-refractivity contribution in [3.8, 4) is 0 Å². The molecule has 0 aromatic rings. The molecular weight excluding hydrogens is 186 g/mol. The molecular formula is C8H17N3OS. The van der Waals surface area contributed by atoms with Crippen LogP contribution in [0.1, 0.15) is 26.2 Å². The lowest BCUT2D eigenvalue weighted by Gasteiger charge is -2.08. The largest absolute Gasteiger partial charge is 0.370 e. The normalized spacial score (nSPS) is 9.31. The molecule has 0 atom stereocenters. The molecule has 0 fully saturated rings. The van der Waals surface area contributed by atoms with Gasteiger partial charge >= 0.3 is 0 Å². The van der Waals surface area contributed by atoms with E-state index in [2.05, 4.69) is 17.6 Å². The van der Waals surface area contributed by atoms with Crippen molar-refractivity contribution < 1.29 is 4.79 Å². The molecule has 0 bridgehead atoms. The predicted octanol–water partition coefficient (Wildman–Crippen LogP) is 0.126. The first-order valence-corrected chi connectivity index (χ1v) is 4.87. The van der Waals surface area contributed by atoms with Gasteiger partial charge in [0.05, 0.1) is 0 Å². The zero-order valence-corrected chi connectivity index (χ0v) is 8.75. The highest BCUT2D eigenvalue weighted by molar-refractivity contribution is 7.80. The van der Waals surface area contributed by atoms with Gasteiger partial charge in [-0.1, -0.05) is 13.3 Å². The van der Waals surface area contributed by atoms with E-state index in [0.717, 1.165) is 19.4 Å². The van der Waals surface area contributed by atoms with Crippen molar-refractivity contribution in [2.45, 2.75) is 26.2 Å². The summed E-state index contributed by atoms with van der Waals surface area (Å²) < 4.78 is 0. The van der Waals surface area contributed by atoms with Crippen molar-refractivity contribution >= 4 is 23.2 Å². The topological polar surface area (TPSA) is 67.2 Å². The molecule has 0 aliphatic heterocycles. The number of carbonyl (C=O) groups excluding carboxylic acids is 1. The van der Waals surface area contributed by atoms with Gasteiger partial charge in [-0.25, -0.2) is 0 Å². The number of hydrogen-bond acceptors (Lipinski definition) is 2.